The van der Waals surface area contributed by atoms with Crippen molar-refractivity contribution in [1.29, 1.82) is 5.26 Å². The maximum absolute atomic E-state index is 9.92. The highest BCUT2D eigenvalue weighted by molar-refractivity contribution is 5.66. The molecule has 1 aromatic carbocycles. The van der Waals surface area contributed by atoms with E-state index < -0.39 is 6.10 Å². The van der Waals surface area contributed by atoms with Crippen molar-refractivity contribution in [2.45, 2.75) is 39.1 Å². The summed E-state index contributed by atoms with van der Waals surface area (Å²) in [6, 6.07) is 11.0. The molecule has 3 heterocycles. The molecule has 0 amide bonds. The van der Waals surface area contributed by atoms with Crippen LogP contribution in [-0.2, 0) is 4.74 Å². The summed E-state index contributed by atoms with van der Waals surface area (Å²) < 4.78 is 12.1. The third kappa shape index (κ3) is 5.31. The van der Waals surface area contributed by atoms with Gasteiger partial charge in [0.25, 0.3) is 0 Å². The van der Waals surface area contributed by atoms with Gasteiger partial charge in [-0.2, -0.15) is 5.26 Å². The molecule has 1 saturated heterocycles. The zero-order valence-electron chi connectivity index (χ0n) is 19.5. The van der Waals surface area contributed by atoms with Gasteiger partial charge in [-0.15, -0.1) is 0 Å². The van der Waals surface area contributed by atoms with Gasteiger partial charge >= 0.3 is 0 Å². The molecule has 4 rings (SSSR count). The number of nitriles is 1. The van der Waals surface area contributed by atoms with E-state index in [0.717, 1.165) is 24.6 Å². The first-order valence-corrected chi connectivity index (χ1v) is 11.2. The fraction of sp³-hybridized carbons (Fsp3) is 0.360. The Balaban J connectivity index is 1.67. The molecule has 0 aliphatic carbocycles. The molecule has 0 radical (unpaired) electrons. The third-order valence-corrected chi connectivity index (χ3v) is 5.52. The van der Waals surface area contributed by atoms with Crippen LogP contribution in [0.5, 0.6) is 11.5 Å². The largest absolute Gasteiger partial charge is 0.456 e. The Morgan fingerprint density at radius 2 is 1.91 bits per heavy atom. The lowest BCUT2D eigenvalue weighted by molar-refractivity contribution is -0.00548. The van der Waals surface area contributed by atoms with Crippen LogP contribution in [0, 0.1) is 18.3 Å². The number of aromatic nitrogens is 3. The number of nitrogens with two attached hydrogens (primary N) is 1. The average Bonchev–Trinajstić information content (AvgIpc) is 2.82. The minimum absolute atomic E-state index is 0.0817. The predicted octanol–water partition coefficient (Wildman–Crippen LogP) is 3.12. The highest BCUT2D eigenvalue weighted by atomic mass is 16.5. The summed E-state index contributed by atoms with van der Waals surface area (Å²) in [5.74, 6) is 2.27. The van der Waals surface area contributed by atoms with Crippen LogP contribution in [0.1, 0.15) is 36.8 Å². The number of hydrogen-bond donors (Lipinski definition) is 2. The fourth-order valence-electron chi connectivity index (χ4n) is 3.98. The lowest BCUT2D eigenvalue weighted by Gasteiger charge is -2.36. The monoisotopic (exact) mass is 460 g/mol. The Morgan fingerprint density at radius 1 is 1.21 bits per heavy atom. The Kier molecular flexibility index (Phi) is 7.03. The van der Waals surface area contributed by atoms with Gasteiger partial charge in [-0.3, -0.25) is 0 Å². The van der Waals surface area contributed by atoms with Gasteiger partial charge in [0.15, 0.2) is 5.82 Å². The van der Waals surface area contributed by atoms with E-state index in [4.69, 9.17) is 20.2 Å². The fourth-order valence-corrected chi connectivity index (χ4v) is 3.98. The Bertz CT molecular complexity index is 1180. The highest BCUT2D eigenvalue weighted by Crippen LogP contribution is 2.34. The lowest BCUT2D eigenvalue weighted by atomic mass is 10.1. The molecule has 176 valence electrons. The number of aliphatic hydroxyl groups excluding tert-OH is 1. The average molecular weight is 461 g/mol. The van der Waals surface area contributed by atoms with Gasteiger partial charge in [0.05, 0.1) is 35.5 Å². The molecule has 2 aromatic heterocycles. The predicted molar refractivity (Wildman–Crippen MR) is 127 cm³/mol. The first-order valence-electron chi connectivity index (χ1n) is 11.2. The number of hydrogen-bond acceptors (Lipinski definition) is 9. The van der Waals surface area contributed by atoms with Crippen molar-refractivity contribution >= 4 is 5.82 Å². The minimum atomic E-state index is -0.824. The van der Waals surface area contributed by atoms with Crippen molar-refractivity contribution in [3.05, 3.63) is 59.5 Å². The quantitative estimate of drug-likeness (QED) is 0.569. The van der Waals surface area contributed by atoms with Gasteiger partial charge in [0, 0.05) is 55.4 Å². The van der Waals surface area contributed by atoms with Crippen molar-refractivity contribution < 1.29 is 14.6 Å². The van der Waals surface area contributed by atoms with E-state index in [9.17, 15) is 10.4 Å². The molecule has 1 aliphatic heterocycles. The standard InChI is InChI=1S/C25H28N6O3/c1-15-6-20(8-24(30-15)31-13-16(2)33-17(3)14-31)34-23-7-18(9-26)4-5-21(23)25-28-11-19(12-29-25)22(32)10-27/h4-8,11-12,16-17,22,32H,10,13-14,27H2,1-3H3/t16-,17+,22-/m1/s1. The van der Waals surface area contributed by atoms with Crippen molar-refractivity contribution in [3.8, 4) is 29.0 Å². The van der Waals surface area contributed by atoms with E-state index in [1.807, 2.05) is 32.9 Å². The van der Waals surface area contributed by atoms with Crippen LogP contribution in [0.15, 0.2) is 42.7 Å². The molecular formula is C25H28N6O3. The zero-order chi connectivity index (χ0) is 24.2. The van der Waals surface area contributed by atoms with Crippen molar-refractivity contribution in [1.82, 2.24) is 15.0 Å². The van der Waals surface area contributed by atoms with Gasteiger partial charge in [-0.25, -0.2) is 15.0 Å². The molecule has 0 saturated carbocycles. The van der Waals surface area contributed by atoms with Crippen LogP contribution in [0.4, 0.5) is 5.82 Å². The van der Waals surface area contributed by atoms with Crippen molar-refractivity contribution in [2.24, 2.45) is 5.73 Å². The normalized spacial score (nSPS) is 18.9. The summed E-state index contributed by atoms with van der Waals surface area (Å²) in [5.41, 5.74) is 7.94. The second-order valence-electron chi connectivity index (χ2n) is 8.48. The lowest BCUT2D eigenvalue weighted by Crippen LogP contribution is -2.45. The zero-order valence-corrected chi connectivity index (χ0v) is 19.5. The number of nitrogens with zero attached hydrogens (tertiary/aromatic N) is 5. The summed E-state index contributed by atoms with van der Waals surface area (Å²) >= 11 is 0. The van der Waals surface area contributed by atoms with Crippen molar-refractivity contribution in [2.75, 3.05) is 24.5 Å². The number of aliphatic hydroxyl groups is 1. The molecule has 34 heavy (non-hydrogen) atoms. The first-order chi connectivity index (χ1) is 16.4. The van der Waals surface area contributed by atoms with Crippen LogP contribution >= 0.6 is 0 Å². The smallest absolute Gasteiger partial charge is 0.162 e. The Hall–Kier alpha value is -3.58. The van der Waals surface area contributed by atoms with Gasteiger partial charge in [-0.1, -0.05) is 0 Å². The molecule has 9 heteroatoms. The molecule has 9 nitrogen and oxygen atoms in total. The molecule has 3 N–H and O–H groups in total. The van der Waals surface area contributed by atoms with E-state index >= 15 is 0 Å². The van der Waals surface area contributed by atoms with E-state index in [0.29, 0.717) is 34.0 Å². The summed E-state index contributed by atoms with van der Waals surface area (Å²) in [4.78, 5) is 15.6. The Morgan fingerprint density at radius 3 is 2.56 bits per heavy atom. The molecule has 0 unspecified atom stereocenters. The summed E-state index contributed by atoms with van der Waals surface area (Å²) in [5, 5.41) is 19.3. The highest BCUT2D eigenvalue weighted by Gasteiger charge is 2.24. The van der Waals surface area contributed by atoms with Gasteiger partial charge in [0.2, 0.25) is 0 Å². The van der Waals surface area contributed by atoms with Gasteiger partial charge < -0.3 is 25.2 Å². The summed E-state index contributed by atoms with van der Waals surface area (Å²) in [6.07, 6.45) is 2.46. The first kappa shape index (κ1) is 23.6. The van der Waals surface area contributed by atoms with Gasteiger partial charge in [-0.05, 0) is 39.0 Å². The summed E-state index contributed by atoms with van der Waals surface area (Å²) in [6.45, 7) is 7.58. The second-order valence-corrected chi connectivity index (χ2v) is 8.48. The number of anilines is 1. The molecule has 3 atom stereocenters. The topological polar surface area (TPSA) is 130 Å². The second kappa shape index (κ2) is 10.1. The van der Waals surface area contributed by atoms with Crippen LogP contribution in [-0.4, -0.2) is 51.9 Å². The minimum Gasteiger partial charge on any atom is -0.456 e. The number of rotatable bonds is 6. The number of ether oxygens (including phenoxy) is 2. The molecule has 1 aliphatic rings. The van der Waals surface area contributed by atoms with E-state index in [2.05, 4.69) is 20.9 Å². The Labute approximate surface area is 198 Å². The molecule has 1 fully saturated rings. The SMILES string of the molecule is Cc1cc(Oc2cc(C#N)ccc2-c2ncc([C@H](O)CN)cn2)cc(N2C[C@@H](C)O[C@@H](C)C2)n1. The van der Waals surface area contributed by atoms with Crippen molar-refractivity contribution in [3.63, 3.8) is 0 Å². The maximum Gasteiger partial charge on any atom is 0.162 e. The maximum atomic E-state index is 9.92. The van der Waals surface area contributed by atoms with E-state index in [1.165, 1.54) is 12.4 Å². The third-order valence-electron chi connectivity index (χ3n) is 5.52. The molecule has 0 spiro atoms. The van der Waals surface area contributed by atoms with Crippen LogP contribution < -0.4 is 15.4 Å². The molecule has 3 aromatic rings. The number of benzene rings is 1. The van der Waals surface area contributed by atoms with Crippen LogP contribution in [0.3, 0.4) is 0 Å². The van der Waals surface area contributed by atoms with E-state index in [-0.39, 0.29) is 18.8 Å². The summed E-state index contributed by atoms with van der Waals surface area (Å²) in [7, 11) is 0. The van der Waals surface area contributed by atoms with Crippen LogP contribution in [0.2, 0.25) is 0 Å². The van der Waals surface area contributed by atoms with Crippen LogP contribution in [0.25, 0.3) is 11.4 Å². The number of aryl methyl sites for hydroxylation is 1. The van der Waals surface area contributed by atoms with E-state index in [1.54, 1.807) is 18.2 Å². The number of morpholine rings is 1. The number of pyridine rings is 1. The molecule has 0 bridgehead atoms. The van der Waals surface area contributed by atoms with Gasteiger partial charge in [0.1, 0.15) is 17.3 Å². The molecular weight excluding hydrogens is 432 g/mol.